The Hall–Kier alpha value is -0.860. The summed E-state index contributed by atoms with van der Waals surface area (Å²) in [4.78, 5) is 2.28. The third-order valence-corrected chi connectivity index (χ3v) is 3.07. The van der Waals surface area contributed by atoms with Gasteiger partial charge in [-0.15, -0.1) is 0 Å². The summed E-state index contributed by atoms with van der Waals surface area (Å²) in [7, 11) is 4.27. The molecule has 0 aromatic heterocycles. The SMILES string of the molecule is Cc1ccccc1C(CCC(C)N)N(C)C. The van der Waals surface area contributed by atoms with Gasteiger partial charge in [-0.1, -0.05) is 24.3 Å². The predicted molar refractivity (Wildman–Crippen MR) is 70.5 cm³/mol. The van der Waals surface area contributed by atoms with Crippen LogP contribution in [0.15, 0.2) is 24.3 Å². The van der Waals surface area contributed by atoms with Gasteiger partial charge in [-0.3, -0.25) is 0 Å². The molecule has 1 aromatic carbocycles. The van der Waals surface area contributed by atoms with Crippen LogP contribution in [0.2, 0.25) is 0 Å². The van der Waals surface area contributed by atoms with Crippen molar-refractivity contribution in [2.75, 3.05) is 14.1 Å². The lowest BCUT2D eigenvalue weighted by Crippen LogP contribution is -2.24. The van der Waals surface area contributed by atoms with Gasteiger partial charge < -0.3 is 10.6 Å². The van der Waals surface area contributed by atoms with E-state index in [9.17, 15) is 0 Å². The summed E-state index contributed by atoms with van der Waals surface area (Å²) in [5.41, 5.74) is 8.63. The first-order valence-corrected chi connectivity index (χ1v) is 6.00. The number of aryl methyl sites for hydroxylation is 1. The van der Waals surface area contributed by atoms with E-state index >= 15 is 0 Å². The molecule has 1 aromatic rings. The van der Waals surface area contributed by atoms with E-state index in [1.807, 2.05) is 0 Å². The van der Waals surface area contributed by atoms with Crippen molar-refractivity contribution in [1.82, 2.24) is 4.90 Å². The van der Waals surface area contributed by atoms with E-state index < -0.39 is 0 Å². The molecule has 0 aliphatic carbocycles. The fraction of sp³-hybridized carbons (Fsp3) is 0.571. The fourth-order valence-corrected chi connectivity index (χ4v) is 2.07. The van der Waals surface area contributed by atoms with Crippen LogP contribution in [0.3, 0.4) is 0 Å². The second kappa shape index (κ2) is 6.02. The van der Waals surface area contributed by atoms with Crippen LogP contribution in [0.1, 0.15) is 36.9 Å². The van der Waals surface area contributed by atoms with Gasteiger partial charge in [-0.05, 0) is 51.9 Å². The first-order valence-electron chi connectivity index (χ1n) is 6.00. The van der Waals surface area contributed by atoms with E-state index in [4.69, 9.17) is 5.73 Å². The number of benzene rings is 1. The van der Waals surface area contributed by atoms with Gasteiger partial charge in [0.2, 0.25) is 0 Å². The summed E-state index contributed by atoms with van der Waals surface area (Å²) in [5.74, 6) is 0. The molecule has 0 amide bonds. The maximum atomic E-state index is 5.84. The highest BCUT2D eigenvalue weighted by Gasteiger charge is 2.15. The summed E-state index contributed by atoms with van der Waals surface area (Å²) in [6, 6.07) is 9.37. The van der Waals surface area contributed by atoms with E-state index in [2.05, 4.69) is 57.1 Å². The second-order valence-corrected chi connectivity index (χ2v) is 4.89. The summed E-state index contributed by atoms with van der Waals surface area (Å²) >= 11 is 0. The molecule has 16 heavy (non-hydrogen) atoms. The zero-order valence-electron chi connectivity index (χ0n) is 10.9. The molecule has 0 aliphatic heterocycles. The molecule has 0 fully saturated rings. The molecule has 90 valence electrons. The lowest BCUT2D eigenvalue weighted by Gasteiger charge is -2.27. The Morgan fingerprint density at radius 1 is 1.19 bits per heavy atom. The minimum absolute atomic E-state index is 0.284. The highest BCUT2D eigenvalue weighted by atomic mass is 15.1. The summed E-state index contributed by atoms with van der Waals surface area (Å²) in [6.07, 6.45) is 2.19. The first-order chi connectivity index (χ1) is 7.52. The lowest BCUT2D eigenvalue weighted by atomic mass is 9.95. The average molecular weight is 220 g/mol. The Kier molecular flexibility index (Phi) is 4.97. The van der Waals surface area contributed by atoms with Crippen molar-refractivity contribution in [1.29, 1.82) is 0 Å². The van der Waals surface area contributed by atoms with Crippen molar-refractivity contribution in [3.8, 4) is 0 Å². The number of hydrogen-bond acceptors (Lipinski definition) is 2. The highest BCUT2D eigenvalue weighted by molar-refractivity contribution is 5.28. The van der Waals surface area contributed by atoms with Crippen molar-refractivity contribution in [3.05, 3.63) is 35.4 Å². The second-order valence-electron chi connectivity index (χ2n) is 4.89. The average Bonchev–Trinajstić information content (AvgIpc) is 2.20. The molecule has 0 aliphatic rings. The monoisotopic (exact) mass is 220 g/mol. The molecule has 2 atom stereocenters. The standard InChI is InChI=1S/C14H24N2/c1-11-7-5-6-8-13(11)14(16(3)4)10-9-12(2)15/h5-8,12,14H,9-10,15H2,1-4H3. The third-order valence-electron chi connectivity index (χ3n) is 3.07. The molecule has 2 nitrogen and oxygen atoms in total. The number of rotatable bonds is 5. The minimum atomic E-state index is 0.284. The number of nitrogens with two attached hydrogens (primary N) is 1. The van der Waals surface area contributed by atoms with Crippen LogP contribution in [-0.4, -0.2) is 25.0 Å². The van der Waals surface area contributed by atoms with Gasteiger partial charge >= 0.3 is 0 Å². The maximum absolute atomic E-state index is 5.84. The van der Waals surface area contributed by atoms with Crippen LogP contribution >= 0.6 is 0 Å². The van der Waals surface area contributed by atoms with Crippen LogP contribution in [0.25, 0.3) is 0 Å². The number of nitrogens with zero attached hydrogens (tertiary/aromatic N) is 1. The van der Waals surface area contributed by atoms with E-state index in [0.29, 0.717) is 6.04 Å². The summed E-state index contributed by atoms with van der Waals surface area (Å²) in [5, 5.41) is 0. The smallest absolute Gasteiger partial charge is 0.0345 e. The van der Waals surface area contributed by atoms with Crippen molar-refractivity contribution < 1.29 is 0 Å². The van der Waals surface area contributed by atoms with E-state index in [0.717, 1.165) is 12.8 Å². The van der Waals surface area contributed by atoms with Crippen molar-refractivity contribution >= 4 is 0 Å². The van der Waals surface area contributed by atoms with Gasteiger partial charge in [0.05, 0.1) is 0 Å². The summed E-state index contributed by atoms with van der Waals surface area (Å²) < 4.78 is 0. The Morgan fingerprint density at radius 3 is 2.31 bits per heavy atom. The predicted octanol–water partition coefficient (Wildman–Crippen LogP) is 2.73. The van der Waals surface area contributed by atoms with Crippen molar-refractivity contribution in [2.24, 2.45) is 5.73 Å². The van der Waals surface area contributed by atoms with Gasteiger partial charge in [0.15, 0.2) is 0 Å². The zero-order chi connectivity index (χ0) is 12.1. The van der Waals surface area contributed by atoms with Crippen molar-refractivity contribution in [2.45, 2.75) is 38.8 Å². The topological polar surface area (TPSA) is 29.3 Å². The van der Waals surface area contributed by atoms with E-state index in [-0.39, 0.29) is 6.04 Å². The van der Waals surface area contributed by atoms with Gasteiger partial charge in [0, 0.05) is 12.1 Å². The van der Waals surface area contributed by atoms with Crippen LogP contribution in [0.4, 0.5) is 0 Å². The van der Waals surface area contributed by atoms with Gasteiger partial charge in [0.1, 0.15) is 0 Å². The molecule has 0 heterocycles. The minimum Gasteiger partial charge on any atom is -0.328 e. The summed E-state index contributed by atoms with van der Waals surface area (Å²) in [6.45, 7) is 4.25. The van der Waals surface area contributed by atoms with Crippen LogP contribution < -0.4 is 5.73 Å². The zero-order valence-corrected chi connectivity index (χ0v) is 10.9. The van der Waals surface area contributed by atoms with E-state index in [1.54, 1.807) is 0 Å². The lowest BCUT2D eigenvalue weighted by molar-refractivity contribution is 0.274. The van der Waals surface area contributed by atoms with E-state index in [1.165, 1.54) is 11.1 Å². The molecule has 2 unspecified atom stereocenters. The first kappa shape index (κ1) is 13.2. The van der Waals surface area contributed by atoms with Gasteiger partial charge in [0.25, 0.3) is 0 Å². The van der Waals surface area contributed by atoms with Gasteiger partial charge in [-0.2, -0.15) is 0 Å². The molecule has 0 saturated heterocycles. The Balaban J connectivity index is 2.82. The number of hydrogen-bond donors (Lipinski definition) is 1. The molecule has 0 saturated carbocycles. The largest absolute Gasteiger partial charge is 0.328 e. The Morgan fingerprint density at radius 2 is 1.81 bits per heavy atom. The van der Waals surface area contributed by atoms with Crippen LogP contribution in [0, 0.1) is 6.92 Å². The van der Waals surface area contributed by atoms with Crippen molar-refractivity contribution in [3.63, 3.8) is 0 Å². The molecule has 2 N–H and O–H groups in total. The third kappa shape index (κ3) is 3.62. The molecular formula is C14H24N2. The highest BCUT2D eigenvalue weighted by Crippen LogP contribution is 2.26. The maximum Gasteiger partial charge on any atom is 0.0345 e. The fourth-order valence-electron chi connectivity index (χ4n) is 2.07. The Labute approximate surface area is 99.5 Å². The Bertz CT molecular complexity index is 318. The van der Waals surface area contributed by atoms with Crippen LogP contribution in [-0.2, 0) is 0 Å². The molecule has 1 rings (SSSR count). The molecular weight excluding hydrogens is 196 g/mol. The molecule has 0 spiro atoms. The van der Waals surface area contributed by atoms with Gasteiger partial charge in [-0.25, -0.2) is 0 Å². The molecule has 0 radical (unpaired) electrons. The quantitative estimate of drug-likeness (QED) is 0.826. The molecule has 2 heteroatoms. The normalized spacial score (nSPS) is 15.1. The molecule has 0 bridgehead atoms. The van der Waals surface area contributed by atoms with Crippen LogP contribution in [0.5, 0.6) is 0 Å².